The molecule has 25 heavy (non-hydrogen) atoms. The van der Waals surface area contributed by atoms with Gasteiger partial charge in [0, 0.05) is 26.7 Å². The zero-order chi connectivity index (χ0) is 17.0. The number of halogens is 1. The van der Waals surface area contributed by atoms with Gasteiger partial charge in [-0.05, 0) is 40.8 Å². The topological polar surface area (TPSA) is 67.4 Å². The van der Waals surface area contributed by atoms with E-state index in [-0.39, 0.29) is 17.3 Å². The summed E-state index contributed by atoms with van der Waals surface area (Å²) in [4.78, 5) is 0.284. The third-order valence-electron chi connectivity index (χ3n) is 4.20. The van der Waals surface area contributed by atoms with Crippen molar-refractivity contribution in [1.29, 1.82) is 0 Å². The lowest BCUT2D eigenvalue weighted by molar-refractivity contribution is 0.202. The Morgan fingerprint density at radius 2 is 1.72 bits per heavy atom. The zero-order valence-electron chi connectivity index (χ0n) is 14.1. The molecule has 0 aliphatic carbocycles. The molecule has 0 fully saturated rings. The van der Waals surface area contributed by atoms with E-state index in [9.17, 15) is 8.42 Å². The minimum atomic E-state index is -3.51. The van der Waals surface area contributed by atoms with E-state index >= 15 is 0 Å². The van der Waals surface area contributed by atoms with E-state index < -0.39 is 10.0 Å². The Morgan fingerprint density at radius 3 is 2.44 bits per heavy atom. The molecule has 0 bridgehead atoms. The molecule has 0 atom stereocenters. The van der Waals surface area contributed by atoms with Crippen LogP contribution in [0.4, 0.5) is 0 Å². The van der Waals surface area contributed by atoms with E-state index in [2.05, 4.69) is 22.2 Å². The maximum Gasteiger partial charge on any atom is 0.240 e. The van der Waals surface area contributed by atoms with Crippen molar-refractivity contribution in [3.05, 3.63) is 64.7 Å². The average Bonchev–Trinajstić information content (AvgIpc) is 3.06. The number of nitrogens with one attached hydrogen (secondary N) is 2. The number of hydrogen-bond acceptors (Lipinski definition) is 4. The molecular formula is C18H23ClN2O3S. The van der Waals surface area contributed by atoms with Gasteiger partial charge in [0.1, 0.15) is 0 Å². The van der Waals surface area contributed by atoms with Crippen LogP contribution in [0, 0.1) is 0 Å². The molecule has 136 valence electrons. The molecule has 0 saturated carbocycles. The summed E-state index contributed by atoms with van der Waals surface area (Å²) >= 11 is 0. The number of hydrogen-bond donors (Lipinski definition) is 2. The molecule has 0 unspecified atom stereocenters. The fourth-order valence-electron chi connectivity index (χ4n) is 2.77. The third kappa shape index (κ3) is 5.03. The van der Waals surface area contributed by atoms with Crippen molar-refractivity contribution in [2.24, 2.45) is 0 Å². The predicted octanol–water partition coefficient (Wildman–Crippen LogP) is 2.38. The molecule has 5 nitrogen and oxygen atoms in total. The van der Waals surface area contributed by atoms with E-state index in [0.29, 0.717) is 13.2 Å². The summed E-state index contributed by atoms with van der Waals surface area (Å²) < 4.78 is 32.5. The summed E-state index contributed by atoms with van der Waals surface area (Å²) in [5, 5.41) is 3.29. The Hall–Kier alpha value is -1.44. The maximum atomic E-state index is 12.4. The fourth-order valence-corrected chi connectivity index (χ4v) is 3.79. The first-order valence-electron chi connectivity index (χ1n) is 7.97. The Bertz CT molecular complexity index is 808. The molecule has 0 radical (unpaired) electrons. The predicted molar refractivity (Wildman–Crippen MR) is 100 cm³/mol. The maximum absolute atomic E-state index is 12.4. The van der Waals surface area contributed by atoms with Crippen molar-refractivity contribution in [2.75, 3.05) is 13.7 Å². The molecule has 2 aromatic carbocycles. The summed E-state index contributed by atoms with van der Waals surface area (Å²) in [6.07, 6.45) is 0.771. The molecule has 2 N–H and O–H groups in total. The largest absolute Gasteiger partial charge is 0.384 e. The first kappa shape index (κ1) is 19.9. The van der Waals surface area contributed by atoms with Gasteiger partial charge in [0.25, 0.3) is 0 Å². The van der Waals surface area contributed by atoms with E-state index in [0.717, 1.165) is 30.6 Å². The molecule has 1 heterocycles. The number of ether oxygens (including phenoxy) is 1. The van der Waals surface area contributed by atoms with Gasteiger partial charge in [0.2, 0.25) is 10.0 Å². The minimum Gasteiger partial charge on any atom is -0.384 e. The summed E-state index contributed by atoms with van der Waals surface area (Å²) in [5.41, 5.74) is 4.56. The second-order valence-electron chi connectivity index (χ2n) is 5.92. The van der Waals surface area contributed by atoms with Crippen LogP contribution in [-0.2, 0) is 40.8 Å². The Kier molecular flexibility index (Phi) is 6.98. The lowest BCUT2D eigenvalue weighted by Crippen LogP contribution is -2.23. The summed E-state index contributed by atoms with van der Waals surface area (Å²) in [7, 11) is -1.86. The number of fused-ring (bicyclic) bond motifs is 1. The zero-order valence-corrected chi connectivity index (χ0v) is 15.8. The van der Waals surface area contributed by atoms with Crippen LogP contribution < -0.4 is 10.0 Å². The highest BCUT2D eigenvalue weighted by Gasteiger charge is 2.15. The van der Waals surface area contributed by atoms with E-state index in [1.54, 1.807) is 19.2 Å². The molecular weight excluding hydrogens is 360 g/mol. The minimum absolute atomic E-state index is 0. The highest BCUT2D eigenvalue weighted by Crippen LogP contribution is 2.18. The van der Waals surface area contributed by atoms with Crippen molar-refractivity contribution in [1.82, 2.24) is 10.0 Å². The van der Waals surface area contributed by atoms with Crippen LogP contribution in [0.5, 0.6) is 0 Å². The van der Waals surface area contributed by atoms with Gasteiger partial charge in [0.15, 0.2) is 0 Å². The molecule has 2 aromatic rings. The fraction of sp³-hybridized carbons (Fsp3) is 0.333. The Labute approximate surface area is 155 Å². The standard InChI is InChI=1S/C18H22N2O3S.ClH/c1-23-9-8-14-3-6-18(7-4-14)24(21,22)20-11-15-2-5-16-12-19-13-17(16)10-15;/h2-7,10,19-20H,8-9,11-13H2,1H3;1H. The molecule has 3 rings (SSSR count). The lowest BCUT2D eigenvalue weighted by atomic mass is 10.1. The summed E-state index contributed by atoms with van der Waals surface area (Å²) in [5.74, 6) is 0. The van der Waals surface area contributed by atoms with Crippen LogP contribution in [0.3, 0.4) is 0 Å². The highest BCUT2D eigenvalue weighted by atomic mass is 35.5. The van der Waals surface area contributed by atoms with Crippen molar-refractivity contribution in [3.63, 3.8) is 0 Å². The van der Waals surface area contributed by atoms with Crippen molar-refractivity contribution in [3.8, 4) is 0 Å². The van der Waals surface area contributed by atoms with Gasteiger partial charge in [-0.1, -0.05) is 30.3 Å². The first-order chi connectivity index (χ1) is 11.6. The van der Waals surface area contributed by atoms with Crippen LogP contribution in [0.1, 0.15) is 22.3 Å². The van der Waals surface area contributed by atoms with Crippen LogP contribution >= 0.6 is 12.4 Å². The van der Waals surface area contributed by atoms with Gasteiger partial charge >= 0.3 is 0 Å². The molecule has 0 spiro atoms. The summed E-state index contributed by atoms with van der Waals surface area (Å²) in [6, 6.07) is 13.0. The molecule has 0 amide bonds. The molecule has 1 aliphatic heterocycles. The SMILES string of the molecule is COCCc1ccc(S(=O)(=O)NCc2ccc3c(c2)CNC3)cc1.Cl. The number of benzene rings is 2. The average molecular weight is 383 g/mol. The normalized spacial score (nSPS) is 13.3. The molecule has 7 heteroatoms. The van der Waals surface area contributed by atoms with Crippen LogP contribution in [-0.4, -0.2) is 22.1 Å². The number of methoxy groups -OCH3 is 1. The Morgan fingerprint density at radius 1 is 1.04 bits per heavy atom. The van der Waals surface area contributed by atoms with Crippen molar-refractivity contribution < 1.29 is 13.2 Å². The third-order valence-corrected chi connectivity index (χ3v) is 5.61. The molecule has 0 saturated heterocycles. The van der Waals surface area contributed by atoms with E-state index in [1.165, 1.54) is 11.1 Å². The Balaban J connectivity index is 0.00000225. The monoisotopic (exact) mass is 382 g/mol. The van der Waals surface area contributed by atoms with Crippen LogP contribution in [0.25, 0.3) is 0 Å². The second kappa shape index (κ2) is 8.78. The van der Waals surface area contributed by atoms with Gasteiger partial charge in [-0.15, -0.1) is 12.4 Å². The highest BCUT2D eigenvalue weighted by molar-refractivity contribution is 7.89. The van der Waals surface area contributed by atoms with Gasteiger partial charge in [-0.25, -0.2) is 13.1 Å². The van der Waals surface area contributed by atoms with Crippen molar-refractivity contribution in [2.45, 2.75) is 31.0 Å². The van der Waals surface area contributed by atoms with Gasteiger partial charge < -0.3 is 10.1 Å². The van der Waals surface area contributed by atoms with E-state index in [1.807, 2.05) is 18.2 Å². The second-order valence-corrected chi connectivity index (χ2v) is 7.68. The number of sulfonamides is 1. The van der Waals surface area contributed by atoms with Crippen LogP contribution in [0.15, 0.2) is 47.4 Å². The smallest absolute Gasteiger partial charge is 0.240 e. The lowest BCUT2D eigenvalue weighted by Gasteiger charge is -2.09. The quantitative estimate of drug-likeness (QED) is 0.771. The number of rotatable bonds is 7. The van der Waals surface area contributed by atoms with Crippen molar-refractivity contribution >= 4 is 22.4 Å². The van der Waals surface area contributed by atoms with Crippen LogP contribution in [0.2, 0.25) is 0 Å². The summed E-state index contributed by atoms with van der Waals surface area (Å²) in [6.45, 7) is 2.65. The first-order valence-corrected chi connectivity index (χ1v) is 9.46. The van der Waals surface area contributed by atoms with E-state index in [4.69, 9.17) is 4.74 Å². The van der Waals surface area contributed by atoms with Gasteiger partial charge in [-0.3, -0.25) is 0 Å². The molecule has 1 aliphatic rings. The molecule has 0 aromatic heterocycles. The van der Waals surface area contributed by atoms with Gasteiger partial charge in [0.05, 0.1) is 11.5 Å². The van der Waals surface area contributed by atoms with Gasteiger partial charge in [-0.2, -0.15) is 0 Å².